The van der Waals surface area contributed by atoms with E-state index in [0.717, 1.165) is 31.5 Å². The van der Waals surface area contributed by atoms with E-state index in [-0.39, 0.29) is 0 Å². The van der Waals surface area contributed by atoms with E-state index in [0.29, 0.717) is 12.5 Å². The molecule has 5 nitrogen and oxygen atoms in total. The lowest BCUT2D eigenvalue weighted by Gasteiger charge is -2.06. The van der Waals surface area contributed by atoms with Crippen molar-refractivity contribution in [3.63, 3.8) is 0 Å². The van der Waals surface area contributed by atoms with Crippen molar-refractivity contribution in [3.05, 3.63) is 53.9 Å². The van der Waals surface area contributed by atoms with Crippen LogP contribution in [0.5, 0.6) is 0 Å². The molecule has 0 saturated heterocycles. The second-order valence-electron chi connectivity index (χ2n) is 5.01. The SMILES string of the molecule is CCCCNC(N)=NCc1cccc(Cn2cccn2)c1. The van der Waals surface area contributed by atoms with Crippen LogP contribution in [0.15, 0.2) is 47.7 Å². The van der Waals surface area contributed by atoms with Gasteiger partial charge in [-0.1, -0.05) is 37.6 Å². The number of benzene rings is 1. The molecule has 3 N–H and O–H groups in total. The van der Waals surface area contributed by atoms with Gasteiger partial charge in [0, 0.05) is 18.9 Å². The van der Waals surface area contributed by atoms with Crippen LogP contribution in [0, 0.1) is 0 Å². The summed E-state index contributed by atoms with van der Waals surface area (Å²) in [5.74, 6) is 0.515. The van der Waals surface area contributed by atoms with Gasteiger partial charge >= 0.3 is 0 Å². The quantitative estimate of drug-likeness (QED) is 0.465. The first-order valence-electron chi connectivity index (χ1n) is 7.37. The third-order valence-electron chi connectivity index (χ3n) is 3.16. The summed E-state index contributed by atoms with van der Waals surface area (Å²) < 4.78 is 1.91. The van der Waals surface area contributed by atoms with Crippen LogP contribution in [0.3, 0.4) is 0 Å². The van der Waals surface area contributed by atoms with Crippen molar-refractivity contribution in [2.45, 2.75) is 32.9 Å². The summed E-state index contributed by atoms with van der Waals surface area (Å²) in [5, 5.41) is 7.33. The van der Waals surface area contributed by atoms with Crippen molar-refractivity contribution >= 4 is 5.96 Å². The molecule has 112 valence electrons. The van der Waals surface area contributed by atoms with E-state index in [9.17, 15) is 0 Å². The first-order chi connectivity index (χ1) is 10.3. The molecule has 0 aliphatic heterocycles. The van der Waals surface area contributed by atoms with Gasteiger partial charge < -0.3 is 11.1 Å². The van der Waals surface area contributed by atoms with Crippen LogP contribution >= 0.6 is 0 Å². The van der Waals surface area contributed by atoms with Gasteiger partial charge in [0.25, 0.3) is 0 Å². The molecule has 0 atom stereocenters. The third kappa shape index (κ3) is 5.30. The molecule has 21 heavy (non-hydrogen) atoms. The van der Waals surface area contributed by atoms with E-state index < -0.39 is 0 Å². The zero-order chi connectivity index (χ0) is 14.9. The van der Waals surface area contributed by atoms with Gasteiger partial charge in [0.05, 0.1) is 13.1 Å². The fourth-order valence-electron chi connectivity index (χ4n) is 2.03. The second-order valence-corrected chi connectivity index (χ2v) is 5.01. The molecule has 0 radical (unpaired) electrons. The normalized spacial score (nSPS) is 11.6. The summed E-state index contributed by atoms with van der Waals surface area (Å²) in [4.78, 5) is 4.37. The molecule has 2 aromatic rings. The molecule has 0 aliphatic rings. The summed E-state index contributed by atoms with van der Waals surface area (Å²) in [6, 6.07) is 10.3. The number of hydrogen-bond acceptors (Lipinski definition) is 2. The number of guanidine groups is 1. The summed E-state index contributed by atoms with van der Waals surface area (Å²) in [7, 11) is 0. The highest BCUT2D eigenvalue weighted by Gasteiger charge is 1.98. The molecule has 0 saturated carbocycles. The molecular weight excluding hydrogens is 262 g/mol. The molecule has 1 aromatic heterocycles. The first-order valence-corrected chi connectivity index (χ1v) is 7.37. The van der Waals surface area contributed by atoms with Crippen LogP contribution in [0.4, 0.5) is 0 Å². The minimum Gasteiger partial charge on any atom is -0.370 e. The average molecular weight is 285 g/mol. The molecule has 0 amide bonds. The third-order valence-corrected chi connectivity index (χ3v) is 3.16. The Bertz CT molecular complexity index is 560. The van der Waals surface area contributed by atoms with E-state index in [2.05, 4.69) is 40.5 Å². The lowest BCUT2D eigenvalue weighted by molar-refractivity contribution is 0.686. The van der Waals surface area contributed by atoms with Crippen LogP contribution < -0.4 is 11.1 Å². The average Bonchev–Trinajstić information content (AvgIpc) is 2.99. The summed E-state index contributed by atoms with van der Waals surface area (Å²) in [6.07, 6.45) is 6.00. The molecule has 0 bridgehead atoms. The van der Waals surface area contributed by atoms with Gasteiger partial charge in [-0.2, -0.15) is 5.10 Å². The smallest absolute Gasteiger partial charge is 0.188 e. The van der Waals surface area contributed by atoms with Crippen molar-refractivity contribution in [1.82, 2.24) is 15.1 Å². The molecule has 0 spiro atoms. The van der Waals surface area contributed by atoms with Crippen LogP contribution in [0.25, 0.3) is 0 Å². The van der Waals surface area contributed by atoms with E-state index in [1.54, 1.807) is 6.20 Å². The highest BCUT2D eigenvalue weighted by molar-refractivity contribution is 5.77. The van der Waals surface area contributed by atoms with Crippen molar-refractivity contribution in [2.24, 2.45) is 10.7 Å². The zero-order valence-electron chi connectivity index (χ0n) is 12.5. The number of nitrogens with two attached hydrogens (primary N) is 1. The van der Waals surface area contributed by atoms with Gasteiger partial charge in [-0.15, -0.1) is 0 Å². The number of aromatic nitrogens is 2. The minimum absolute atomic E-state index is 0.515. The Labute approximate surface area is 125 Å². The highest BCUT2D eigenvalue weighted by Crippen LogP contribution is 2.08. The van der Waals surface area contributed by atoms with Crippen molar-refractivity contribution in [1.29, 1.82) is 0 Å². The van der Waals surface area contributed by atoms with Crippen LogP contribution in [0.1, 0.15) is 30.9 Å². The molecule has 0 fully saturated rings. The van der Waals surface area contributed by atoms with E-state index in [4.69, 9.17) is 5.73 Å². The molecule has 0 unspecified atom stereocenters. The Morgan fingerprint density at radius 3 is 2.95 bits per heavy atom. The monoisotopic (exact) mass is 285 g/mol. The Balaban J connectivity index is 1.90. The van der Waals surface area contributed by atoms with Gasteiger partial charge in [-0.25, -0.2) is 4.99 Å². The number of nitrogens with zero attached hydrogens (tertiary/aromatic N) is 3. The standard InChI is InChI=1S/C16H23N5/c1-2-3-8-18-16(17)19-12-14-6-4-7-15(11-14)13-21-10-5-9-20-21/h4-7,9-11H,2-3,8,12-13H2,1H3,(H3,17,18,19). The van der Waals surface area contributed by atoms with Gasteiger partial charge in [0.1, 0.15) is 0 Å². The highest BCUT2D eigenvalue weighted by atomic mass is 15.3. The lowest BCUT2D eigenvalue weighted by Crippen LogP contribution is -2.32. The fraction of sp³-hybridized carbons (Fsp3) is 0.375. The Morgan fingerprint density at radius 1 is 1.33 bits per heavy atom. The number of hydrogen-bond donors (Lipinski definition) is 2. The second kappa shape index (κ2) is 8.09. The van der Waals surface area contributed by atoms with E-state index in [1.165, 1.54) is 5.56 Å². The number of rotatable bonds is 7. The molecule has 1 heterocycles. The van der Waals surface area contributed by atoms with E-state index in [1.807, 2.05) is 23.0 Å². The molecule has 2 rings (SSSR count). The topological polar surface area (TPSA) is 68.2 Å². The summed E-state index contributed by atoms with van der Waals surface area (Å²) >= 11 is 0. The van der Waals surface area contributed by atoms with Gasteiger partial charge in [-0.3, -0.25) is 4.68 Å². The van der Waals surface area contributed by atoms with Gasteiger partial charge in [0.15, 0.2) is 5.96 Å². The van der Waals surface area contributed by atoms with Crippen molar-refractivity contribution in [3.8, 4) is 0 Å². The molecule has 0 aliphatic carbocycles. The Hall–Kier alpha value is -2.30. The van der Waals surface area contributed by atoms with Crippen molar-refractivity contribution < 1.29 is 0 Å². The molecule has 5 heteroatoms. The van der Waals surface area contributed by atoms with E-state index >= 15 is 0 Å². The number of aliphatic imine (C=N–C) groups is 1. The molecule has 1 aromatic carbocycles. The largest absolute Gasteiger partial charge is 0.370 e. The number of nitrogens with one attached hydrogen (secondary N) is 1. The molecular formula is C16H23N5. The maximum atomic E-state index is 5.83. The maximum Gasteiger partial charge on any atom is 0.188 e. The predicted octanol–water partition coefficient (Wildman–Crippen LogP) is 2.14. The summed E-state index contributed by atoms with van der Waals surface area (Å²) in [5.41, 5.74) is 8.20. The lowest BCUT2D eigenvalue weighted by atomic mass is 10.1. The van der Waals surface area contributed by atoms with Crippen molar-refractivity contribution in [2.75, 3.05) is 6.54 Å². The number of unbranched alkanes of at least 4 members (excludes halogenated alkanes) is 1. The predicted molar refractivity (Wildman–Crippen MR) is 86.0 cm³/mol. The minimum atomic E-state index is 0.515. The van der Waals surface area contributed by atoms with Gasteiger partial charge in [-0.05, 0) is 23.6 Å². The van der Waals surface area contributed by atoms with Gasteiger partial charge in [0.2, 0.25) is 0 Å². The summed E-state index contributed by atoms with van der Waals surface area (Å²) in [6.45, 7) is 4.40. The Kier molecular flexibility index (Phi) is 5.82. The van der Waals surface area contributed by atoms with Crippen LogP contribution in [-0.4, -0.2) is 22.3 Å². The Morgan fingerprint density at radius 2 is 2.19 bits per heavy atom. The fourth-order valence-corrected chi connectivity index (χ4v) is 2.03. The van der Waals surface area contributed by atoms with Crippen LogP contribution in [0.2, 0.25) is 0 Å². The zero-order valence-corrected chi connectivity index (χ0v) is 12.5. The van der Waals surface area contributed by atoms with Crippen LogP contribution in [-0.2, 0) is 13.1 Å². The maximum absolute atomic E-state index is 5.83. The first kappa shape index (κ1) is 15.1.